The average Bonchev–Trinajstić information content (AvgIpc) is 0.776. The lowest BCUT2D eigenvalue weighted by molar-refractivity contribution is -0.355. The lowest BCUT2D eigenvalue weighted by Crippen LogP contribution is -2.51. The van der Waals surface area contributed by atoms with Gasteiger partial charge in [0.25, 0.3) is 0 Å². The van der Waals surface area contributed by atoms with Crippen molar-refractivity contribution in [1.82, 2.24) is 0 Å². The van der Waals surface area contributed by atoms with E-state index in [9.17, 15) is 127 Å². The van der Waals surface area contributed by atoms with Crippen LogP contribution in [0.15, 0.2) is 218 Å². The molecule has 0 N–H and O–H groups in total. The minimum absolute atomic E-state index is 0.0692. The van der Waals surface area contributed by atoms with E-state index in [2.05, 4.69) is 0 Å². The van der Waals surface area contributed by atoms with Gasteiger partial charge < -0.3 is 66.3 Å². The molecule has 0 aliphatic rings. The Balaban J connectivity index is 0.000000335. The smallest absolute Gasteiger partial charge is 0.459 e. The van der Waals surface area contributed by atoms with Crippen LogP contribution in [0.3, 0.4) is 0 Å². The molecule has 142 heavy (non-hydrogen) atoms. The Morgan fingerprint density at radius 2 is 0.465 bits per heavy atom. The predicted octanol–water partition coefficient (Wildman–Crippen LogP) is 23.8. The summed E-state index contributed by atoms with van der Waals surface area (Å²) in [6.45, 7) is 6.49. The van der Waals surface area contributed by atoms with Crippen LogP contribution in [0.5, 0.6) is 46.0 Å². The van der Waals surface area contributed by atoms with E-state index >= 15 is 0 Å². The molecule has 8 rings (SSSR count). The molecule has 0 spiro atoms. The molecule has 0 aliphatic heterocycles. The Labute approximate surface area is 802 Å². The van der Waals surface area contributed by atoms with Crippen LogP contribution in [0.4, 0.5) is 79.0 Å². The van der Waals surface area contributed by atoms with Gasteiger partial charge in [-0.3, -0.25) is 9.59 Å². The zero-order valence-electron chi connectivity index (χ0n) is 76.5. The van der Waals surface area contributed by atoms with E-state index in [1.165, 1.54) is 172 Å². The predicted molar refractivity (Wildman–Crippen MR) is 477 cm³/mol. The van der Waals surface area contributed by atoms with E-state index in [1.807, 2.05) is 0 Å². The van der Waals surface area contributed by atoms with Crippen LogP contribution < -0.4 is 37.9 Å². The van der Waals surface area contributed by atoms with Crippen LogP contribution in [-0.4, -0.2) is 168 Å². The van der Waals surface area contributed by atoms with Crippen molar-refractivity contribution in [2.24, 2.45) is 0 Å². The molecule has 0 fully saturated rings. The van der Waals surface area contributed by atoms with E-state index in [1.54, 1.807) is 98.8 Å². The fourth-order valence-electron chi connectivity index (χ4n) is 10.9. The standard InChI is InChI=1S/C29H31F5O7.C25H25F3O7.C24H21F7O5.C22H21F3O5/c1-21(35)38-18-4-2-3-5-19-40-26(36)16-9-22-7-12-25(13-8-22)41-27(37)23-10-14-24(15-11-23)39-20-6-17-28(30,31)29(32,33)34;1-18(29)32-16-3-17-34-23(30)13-6-19-4-9-22(10-5-19)35-24(31)20-7-11-21(12-8-20)33-15-2-14-25(26,27)28;1-2-34-20(32)13-6-16-4-9-19(10-5-16)36-21(33)17-7-11-18(12-8-17)35-15-3-14-22(25,26)23(27,28)24(29,30)31;1-2-28-20(26)13-6-16-4-9-19(10-5-16)30-21(27)17-7-11-18(12-8-17)29-15-3-14-22(23,24)25/h7-16H,2-6,17-20H2,1H3;4-13H,2-3,14-17H2,1H3;4-13H,2-3,14-15H2,1H3;4-13H,2-3,14-15H2,1H3/b16-9+;3*13-6+. The molecule has 0 saturated heterocycles. The summed E-state index contributed by atoms with van der Waals surface area (Å²) in [6.07, 6.45) is -12.1. The van der Waals surface area contributed by atoms with Gasteiger partial charge in [-0.1, -0.05) is 48.5 Å². The van der Waals surface area contributed by atoms with E-state index < -0.39 is 141 Å². The molecule has 0 amide bonds. The van der Waals surface area contributed by atoms with Crippen molar-refractivity contribution in [1.29, 1.82) is 0 Å². The zero-order chi connectivity index (χ0) is 105. The number of halogens is 18. The first-order valence-corrected chi connectivity index (χ1v) is 43.3. The van der Waals surface area contributed by atoms with Gasteiger partial charge in [0.05, 0.1) is 88.3 Å². The number of hydrogen-bond donors (Lipinski definition) is 0. The highest BCUT2D eigenvalue weighted by atomic mass is 19.4. The Morgan fingerprint density at radius 3 is 0.704 bits per heavy atom. The van der Waals surface area contributed by atoms with Crippen LogP contribution in [0.2, 0.25) is 0 Å². The summed E-state index contributed by atoms with van der Waals surface area (Å²) in [5, 5.41) is 0. The number of alkyl halides is 18. The molecule has 8 aromatic rings. The van der Waals surface area contributed by atoms with Crippen LogP contribution in [0, 0.1) is 0 Å². The molecule has 0 atom stereocenters. The largest absolute Gasteiger partial charge is 0.494 e. The second-order valence-electron chi connectivity index (χ2n) is 29.6. The minimum Gasteiger partial charge on any atom is -0.494 e. The van der Waals surface area contributed by atoms with Crippen molar-refractivity contribution in [2.75, 3.05) is 66.1 Å². The quantitative estimate of drug-likeness (QED) is 0.00854. The molecule has 24 nitrogen and oxygen atoms in total. The Morgan fingerprint density at radius 1 is 0.239 bits per heavy atom. The number of hydrogen-bond acceptors (Lipinski definition) is 24. The molecule has 42 heteroatoms. The van der Waals surface area contributed by atoms with Crippen LogP contribution in [0.1, 0.15) is 175 Å². The molecule has 0 radical (unpaired) electrons. The van der Waals surface area contributed by atoms with Gasteiger partial charge in [0.1, 0.15) is 46.0 Å². The van der Waals surface area contributed by atoms with E-state index in [-0.39, 0.29) is 116 Å². The molecule has 0 unspecified atom stereocenters. The molecule has 768 valence electrons. The van der Waals surface area contributed by atoms with Gasteiger partial charge in [-0.05, 0) is 257 Å². The normalized spacial score (nSPS) is 11.7. The number of carbonyl (C=O) groups excluding carboxylic acids is 10. The van der Waals surface area contributed by atoms with Gasteiger partial charge in [-0.25, -0.2) is 38.4 Å². The lowest BCUT2D eigenvalue weighted by atomic mass is 10.1. The highest BCUT2D eigenvalue weighted by molar-refractivity contribution is 5.94. The number of esters is 10. The number of unbranched alkanes of at least 4 members (excludes halogenated alkanes) is 3. The number of ether oxygens (including phenoxy) is 14. The van der Waals surface area contributed by atoms with Crippen molar-refractivity contribution in [3.63, 3.8) is 0 Å². The van der Waals surface area contributed by atoms with Crippen molar-refractivity contribution >= 4 is 84.0 Å². The van der Waals surface area contributed by atoms with Crippen LogP contribution in [-0.2, 0) is 57.2 Å². The summed E-state index contributed by atoms with van der Waals surface area (Å²) in [5.41, 5.74) is 3.51. The average molecular weight is 2030 g/mol. The Kier molecular flexibility index (Phi) is 49.6. The molecule has 0 saturated carbocycles. The first kappa shape index (κ1) is 118. The highest BCUT2D eigenvalue weighted by Crippen LogP contribution is 2.49. The van der Waals surface area contributed by atoms with E-state index in [0.717, 1.165) is 24.8 Å². The van der Waals surface area contributed by atoms with Crippen LogP contribution >= 0.6 is 0 Å². The molecule has 0 heterocycles. The van der Waals surface area contributed by atoms with Crippen LogP contribution in [0.25, 0.3) is 24.3 Å². The minimum atomic E-state index is -6.37. The maximum Gasteiger partial charge on any atom is 0.459 e. The van der Waals surface area contributed by atoms with Gasteiger partial charge in [-0.15, -0.1) is 0 Å². The molecular weight excluding hydrogens is 1930 g/mol. The molecular formula is C100H98F18O24. The third-order valence-corrected chi connectivity index (χ3v) is 18.2. The van der Waals surface area contributed by atoms with E-state index in [0.29, 0.717) is 60.0 Å². The summed E-state index contributed by atoms with van der Waals surface area (Å²) >= 11 is 0. The van der Waals surface area contributed by atoms with Gasteiger partial charge in [0.15, 0.2) is 0 Å². The second-order valence-corrected chi connectivity index (χ2v) is 29.6. The molecule has 0 aliphatic carbocycles. The third-order valence-electron chi connectivity index (χ3n) is 18.2. The zero-order valence-corrected chi connectivity index (χ0v) is 76.5. The topological polar surface area (TPSA) is 300 Å². The van der Waals surface area contributed by atoms with E-state index in [4.69, 9.17) is 66.3 Å². The maximum absolute atomic E-state index is 13.3. The summed E-state index contributed by atoms with van der Waals surface area (Å²) in [4.78, 5) is 117. The summed E-state index contributed by atoms with van der Waals surface area (Å²) < 4.78 is 295. The van der Waals surface area contributed by atoms with Crippen molar-refractivity contribution in [3.8, 4) is 46.0 Å². The molecule has 0 bridgehead atoms. The summed E-state index contributed by atoms with van der Waals surface area (Å²) in [5.74, 6) is -19.5. The fourth-order valence-corrected chi connectivity index (χ4v) is 10.9. The summed E-state index contributed by atoms with van der Waals surface area (Å²) in [6, 6.07) is 47.9. The lowest BCUT2D eigenvalue weighted by Gasteiger charge is -2.28. The summed E-state index contributed by atoms with van der Waals surface area (Å²) in [7, 11) is 0. The first-order chi connectivity index (χ1) is 67.0. The van der Waals surface area contributed by atoms with Crippen molar-refractivity contribution in [3.05, 3.63) is 263 Å². The van der Waals surface area contributed by atoms with Crippen molar-refractivity contribution in [2.45, 2.75) is 154 Å². The molecule has 8 aromatic carbocycles. The third kappa shape index (κ3) is 47.8. The van der Waals surface area contributed by atoms with Gasteiger partial charge >= 0.3 is 102 Å². The fraction of sp³-hybridized carbons (Fsp3) is 0.340. The monoisotopic (exact) mass is 2020 g/mol. The first-order valence-electron chi connectivity index (χ1n) is 43.3. The number of rotatable bonds is 48. The highest BCUT2D eigenvalue weighted by Gasteiger charge is 2.72. The number of benzene rings is 8. The molecule has 0 aromatic heterocycles. The SMILES string of the molecule is CC(=O)OCCCCCCOC(=O)/C=C/c1ccc(OC(=O)c2ccc(OCCCC(F)(F)C(F)(F)F)cc2)cc1.CC(=O)OCCCOC(=O)/C=C/c1ccc(OC(=O)c2ccc(OCCCC(F)(F)F)cc2)cc1.CCOC(=O)/C=C/c1ccc(OC(=O)c2ccc(OCCCC(F)(F)C(F)(F)C(F)(F)F)cc2)cc1.CCOC(=O)/C=C/c1ccc(OC(=O)c2ccc(OCCCC(F)(F)F)cc2)cc1. The van der Waals surface area contributed by atoms with Crippen molar-refractivity contribution < 1.29 is 193 Å². The number of carbonyl (C=O) groups is 10. The Bertz CT molecular complexity index is 5370. The van der Waals surface area contributed by atoms with Gasteiger partial charge in [0, 0.05) is 70.3 Å². The Hall–Kier alpha value is -14.6. The maximum atomic E-state index is 13.3. The second kappa shape index (κ2) is 59.7. The van der Waals surface area contributed by atoms with Gasteiger partial charge in [0.2, 0.25) is 0 Å². The van der Waals surface area contributed by atoms with Gasteiger partial charge in [-0.2, -0.15) is 79.0 Å².